The summed E-state index contributed by atoms with van der Waals surface area (Å²) in [5.41, 5.74) is 6.60. The fraction of sp³-hybridized carbons (Fsp3) is 0. The Labute approximate surface area is 61.4 Å². The molecule has 0 aliphatic carbocycles. The number of nitrogen functional groups attached to an aromatic ring is 1. The van der Waals surface area contributed by atoms with Crippen LogP contribution in [0.4, 0.5) is 5.82 Å². The first-order valence-electron chi connectivity index (χ1n) is 2.95. The third kappa shape index (κ3) is 0.841. The summed E-state index contributed by atoms with van der Waals surface area (Å²) in [4.78, 5) is 0. The highest BCUT2D eigenvalue weighted by molar-refractivity contribution is 5.64. The van der Waals surface area contributed by atoms with Crippen molar-refractivity contribution in [1.82, 2.24) is 20.5 Å². The predicted octanol–water partition coefficient (Wildman–Crippen LogP) is 0.0419. The molecule has 0 aliphatic rings. The van der Waals surface area contributed by atoms with E-state index in [-0.39, 0.29) is 5.82 Å². The van der Waals surface area contributed by atoms with Crippen molar-refractivity contribution in [2.45, 2.75) is 0 Å². The molecule has 6 nitrogen and oxygen atoms in total. The zero-order valence-electron chi connectivity index (χ0n) is 5.48. The molecule has 0 bridgehead atoms. The van der Waals surface area contributed by atoms with Gasteiger partial charge in [-0.2, -0.15) is 5.10 Å². The molecule has 0 aromatic carbocycles. The number of aromatic amines is 1. The van der Waals surface area contributed by atoms with Crippen molar-refractivity contribution in [3.8, 4) is 11.4 Å². The van der Waals surface area contributed by atoms with Gasteiger partial charge >= 0.3 is 0 Å². The number of nitrogens with two attached hydrogens (primary N) is 1. The van der Waals surface area contributed by atoms with Crippen LogP contribution in [-0.2, 0) is 0 Å². The summed E-state index contributed by atoms with van der Waals surface area (Å²) in [5.74, 6) is 0.259. The maximum Gasteiger partial charge on any atom is 0.197 e. The van der Waals surface area contributed by atoms with Gasteiger partial charge < -0.3 is 5.73 Å². The molecule has 2 heterocycles. The molecule has 2 rings (SSSR count). The van der Waals surface area contributed by atoms with E-state index < -0.39 is 0 Å². The molecule has 0 spiro atoms. The molecule has 0 atom stereocenters. The summed E-state index contributed by atoms with van der Waals surface area (Å²) in [6.07, 6.45) is 1.60. The quantitative estimate of drug-likeness (QED) is 0.600. The second-order valence-corrected chi connectivity index (χ2v) is 1.97. The van der Waals surface area contributed by atoms with Gasteiger partial charge in [-0.05, 0) is 16.4 Å². The molecule has 0 radical (unpaired) electrons. The van der Waals surface area contributed by atoms with Gasteiger partial charge in [-0.3, -0.25) is 5.10 Å². The molecule has 0 unspecified atom stereocenters. The predicted molar refractivity (Wildman–Crippen MR) is 36.3 cm³/mol. The van der Waals surface area contributed by atoms with E-state index in [1.165, 1.54) is 0 Å². The largest absolute Gasteiger partial charge is 0.379 e. The van der Waals surface area contributed by atoms with E-state index in [1.807, 2.05) is 0 Å². The Kier molecular flexibility index (Phi) is 1.12. The van der Waals surface area contributed by atoms with Crippen molar-refractivity contribution >= 4 is 5.82 Å². The van der Waals surface area contributed by atoms with E-state index in [2.05, 4.69) is 25.1 Å². The van der Waals surface area contributed by atoms with Crippen molar-refractivity contribution in [2.75, 3.05) is 5.73 Å². The molecule has 2 aromatic rings. The van der Waals surface area contributed by atoms with E-state index in [4.69, 9.17) is 5.73 Å². The molecule has 0 fully saturated rings. The molecular weight excluding hydrogens is 146 g/mol. The summed E-state index contributed by atoms with van der Waals surface area (Å²) < 4.78 is 4.40. The summed E-state index contributed by atoms with van der Waals surface area (Å²) in [5, 5.41) is 13.4. The molecule has 0 aliphatic heterocycles. The van der Waals surface area contributed by atoms with Crippen LogP contribution >= 0.6 is 0 Å². The molecule has 11 heavy (non-hydrogen) atoms. The molecule has 6 heteroatoms. The first-order chi connectivity index (χ1) is 5.38. The minimum Gasteiger partial charge on any atom is -0.379 e. The average Bonchev–Trinajstić information content (AvgIpc) is 2.55. The lowest BCUT2D eigenvalue weighted by Crippen LogP contribution is -1.88. The maximum atomic E-state index is 5.42. The molecular formula is C5H5N5O. The fourth-order valence-corrected chi connectivity index (χ4v) is 0.770. The van der Waals surface area contributed by atoms with Crippen LogP contribution in [0.1, 0.15) is 0 Å². The second kappa shape index (κ2) is 2.08. The Morgan fingerprint density at radius 2 is 2.36 bits per heavy atom. The van der Waals surface area contributed by atoms with Gasteiger partial charge in [-0.15, -0.1) is 0 Å². The molecule has 3 N–H and O–H groups in total. The van der Waals surface area contributed by atoms with Crippen LogP contribution in [0.5, 0.6) is 0 Å². The van der Waals surface area contributed by atoms with Crippen LogP contribution in [0.25, 0.3) is 11.4 Å². The van der Waals surface area contributed by atoms with E-state index >= 15 is 0 Å². The highest BCUT2D eigenvalue weighted by Gasteiger charge is 2.08. The fourth-order valence-electron chi connectivity index (χ4n) is 0.770. The number of hydrogen-bond acceptors (Lipinski definition) is 5. The van der Waals surface area contributed by atoms with Gasteiger partial charge in [0.2, 0.25) is 0 Å². The first kappa shape index (κ1) is 5.90. The lowest BCUT2D eigenvalue weighted by atomic mass is 10.3. The minimum atomic E-state index is 0.259. The van der Waals surface area contributed by atoms with E-state index in [9.17, 15) is 0 Å². The zero-order chi connectivity index (χ0) is 7.68. The van der Waals surface area contributed by atoms with Crippen LogP contribution in [0.15, 0.2) is 16.9 Å². The number of H-pyrrole nitrogens is 1. The Morgan fingerprint density at radius 1 is 1.45 bits per heavy atom. The third-order valence-electron chi connectivity index (χ3n) is 1.27. The van der Waals surface area contributed by atoms with Crippen molar-refractivity contribution in [3.63, 3.8) is 0 Å². The summed E-state index contributed by atoms with van der Waals surface area (Å²) in [7, 11) is 0. The molecule has 0 saturated heterocycles. The number of nitrogens with one attached hydrogen (secondary N) is 1. The Morgan fingerprint density at radius 3 is 2.91 bits per heavy atom. The highest BCUT2D eigenvalue weighted by atomic mass is 16.6. The molecule has 2 aromatic heterocycles. The highest BCUT2D eigenvalue weighted by Crippen LogP contribution is 2.17. The summed E-state index contributed by atoms with van der Waals surface area (Å²) in [6, 6.07) is 1.73. The minimum absolute atomic E-state index is 0.259. The van der Waals surface area contributed by atoms with Crippen molar-refractivity contribution in [1.29, 1.82) is 0 Å². The summed E-state index contributed by atoms with van der Waals surface area (Å²) in [6.45, 7) is 0. The van der Waals surface area contributed by atoms with Crippen LogP contribution in [0, 0.1) is 0 Å². The first-order valence-corrected chi connectivity index (χ1v) is 2.95. The lowest BCUT2D eigenvalue weighted by Gasteiger charge is -1.85. The van der Waals surface area contributed by atoms with Gasteiger partial charge in [0.1, 0.15) is 0 Å². The SMILES string of the molecule is Nc1nonc1-c1ccn[nH]1. The van der Waals surface area contributed by atoms with E-state index in [1.54, 1.807) is 12.3 Å². The van der Waals surface area contributed by atoms with Crippen molar-refractivity contribution < 1.29 is 4.63 Å². The van der Waals surface area contributed by atoms with Crippen LogP contribution in [-0.4, -0.2) is 20.5 Å². The van der Waals surface area contributed by atoms with Gasteiger partial charge in [-0.25, -0.2) is 4.63 Å². The van der Waals surface area contributed by atoms with Crippen molar-refractivity contribution in [3.05, 3.63) is 12.3 Å². The van der Waals surface area contributed by atoms with Gasteiger partial charge in [0, 0.05) is 6.20 Å². The van der Waals surface area contributed by atoms with E-state index in [0.29, 0.717) is 11.4 Å². The second-order valence-electron chi connectivity index (χ2n) is 1.97. The summed E-state index contributed by atoms with van der Waals surface area (Å²) >= 11 is 0. The van der Waals surface area contributed by atoms with Crippen LogP contribution in [0.3, 0.4) is 0 Å². The van der Waals surface area contributed by atoms with Gasteiger partial charge in [0.05, 0.1) is 5.69 Å². The Balaban J connectivity index is 2.53. The van der Waals surface area contributed by atoms with Crippen LogP contribution < -0.4 is 5.73 Å². The number of rotatable bonds is 1. The lowest BCUT2D eigenvalue weighted by molar-refractivity contribution is 0.310. The smallest absolute Gasteiger partial charge is 0.197 e. The third-order valence-corrected chi connectivity index (χ3v) is 1.27. The van der Waals surface area contributed by atoms with E-state index in [0.717, 1.165) is 0 Å². The molecule has 0 amide bonds. The molecule has 0 saturated carbocycles. The van der Waals surface area contributed by atoms with Crippen LogP contribution in [0.2, 0.25) is 0 Å². The zero-order valence-corrected chi connectivity index (χ0v) is 5.48. The Bertz CT molecular complexity index is 337. The average molecular weight is 151 g/mol. The topological polar surface area (TPSA) is 93.6 Å². The number of anilines is 1. The van der Waals surface area contributed by atoms with Crippen molar-refractivity contribution in [2.24, 2.45) is 0 Å². The van der Waals surface area contributed by atoms with Gasteiger partial charge in [-0.1, -0.05) is 0 Å². The van der Waals surface area contributed by atoms with Gasteiger partial charge in [0.25, 0.3) is 0 Å². The maximum absolute atomic E-state index is 5.42. The Hall–Kier alpha value is -1.85. The molecule has 56 valence electrons. The monoisotopic (exact) mass is 151 g/mol. The number of hydrogen-bond donors (Lipinski definition) is 2. The normalized spacial score (nSPS) is 10.2. The van der Waals surface area contributed by atoms with Gasteiger partial charge in [0.15, 0.2) is 11.5 Å². The number of aromatic nitrogens is 4. The number of nitrogens with zero attached hydrogens (tertiary/aromatic N) is 3. The standard InChI is InChI=1S/C5H5N5O/c6-5-4(9-11-10-5)3-1-2-7-8-3/h1-2H,(H2,6,10)(H,7,8).